The van der Waals surface area contributed by atoms with Crippen molar-refractivity contribution in [1.29, 1.82) is 0 Å². The van der Waals surface area contributed by atoms with Crippen LogP contribution in [-0.2, 0) is 16.1 Å². The van der Waals surface area contributed by atoms with Crippen LogP contribution in [0.25, 0.3) is 5.76 Å². The Morgan fingerprint density at radius 3 is 2.48 bits per heavy atom. The van der Waals surface area contributed by atoms with Crippen LogP contribution in [-0.4, -0.2) is 31.7 Å². The molecule has 1 saturated heterocycles. The fourth-order valence-electron chi connectivity index (χ4n) is 3.34. The molecule has 2 aromatic heterocycles. The number of hydrogen-bond donors (Lipinski definition) is 1. The van der Waals surface area contributed by atoms with Gasteiger partial charge in [0.25, 0.3) is 11.7 Å². The molecule has 3 heterocycles. The molecule has 7 heteroatoms. The SMILES string of the molecule is O=C1C(=O)N(Cc2cccnc2)[C@H](c2ccccn2)C1=C(O)c1ccc(F)cc1. The van der Waals surface area contributed by atoms with Gasteiger partial charge in [-0.25, -0.2) is 4.39 Å². The summed E-state index contributed by atoms with van der Waals surface area (Å²) in [4.78, 5) is 35.4. The lowest BCUT2D eigenvalue weighted by Gasteiger charge is -2.24. The van der Waals surface area contributed by atoms with Crippen molar-refractivity contribution in [3.05, 3.63) is 101 Å². The fourth-order valence-corrected chi connectivity index (χ4v) is 3.34. The molecular weight excluding hydrogens is 373 g/mol. The molecule has 0 saturated carbocycles. The van der Waals surface area contributed by atoms with Crippen LogP contribution in [0.2, 0.25) is 0 Å². The smallest absolute Gasteiger partial charge is 0.296 e. The Hall–Kier alpha value is -3.87. The largest absolute Gasteiger partial charge is 0.507 e. The van der Waals surface area contributed by atoms with Crippen molar-refractivity contribution in [3.8, 4) is 0 Å². The van der Waals surface area contributed by atoms with Gasteiger partial charge in [-0.3, -0.25) is 19.6 Å². The predicted octanol–water partition coefficient (Wildman–Crippen LogP) is 3.24. The minimum absolute atomic E-state index is 0.0794. The number of benzene rings is 1. The maximum Gasteiger partial charge on any atom is 0.296 e. The molecule has 1 fully saturated rings. The molecule has 1 aliphatic rings. The summed E-state index contributed by atoms with van der Waals surface area (Å²) in [7, 11) is 0. The maximum absolute atomic E-state index is 13.3. The third kappa shape index (κ3) is 3.50. The molecule has 0 spiro atoms. The Morgan fingerprint density at radius 1 is 1.03 bits per heavy atom. The normalized spacial score (nSPS) is 18.2. The Labute approximate surface area is 166 Å². The number of carbonyl (C=O) groups is 2. The Bertz CT molecular complexity index is 1080. The standard InChI is InChI=1S/C22H16FN3O3/c23-16-8-6-15(7-9-16)20(27)18-19(17-5-1-2-11-25-17)26(22(29)21(18)28)13-14-4-3-10-24-12-14/h1-12,19,27H,13H2/t19-/m1/s1. The highest BCUT2D eigenvalue weighted by atomic mass is 19.1. The molecular formula is C22H16FN3O3. The molecule has 1 N–H and O–H groups in total. The van der Waals surface area contributed by atoms with Crippen LogP contribution < -0.4 is 0 Å². The van der Waals surface area contributed by atoms with Gasteiger partial charge in [-0.05, 0) is 48.0 Å². The van der Waals surface area contributed by atoms with Gasteiger partial charge < -0.3 is 10.0 Å². The highest BCUT2D eigenvalue weighted by Crippen LogP contribution is 2.39. The summed E-state index contributed by atoms with van der Waals surface area (Å²) in [5.74, 6) is -2.40. The number of ketones is 1. The number of nitrogens with zero attached hydrogens (tertiary/aromatic N) is 3. The molecule has 4 rings (SSSR count). The topological polar surface area (TPSA) is 83.4 Å². The van der Waals surface area contributed by atoms with E-state index in [1.165, 1.54) is 29.2 Å². The number of hydrogen-bond acceptors (Lipinski definition) is 5. The number of Topliss-reactive ketones (excluding diaryl/α,β-unsaturated/α-hetero) is 1. The van der Waals surface area contributed by atoms with Crippen LogP contribution in [0.5, 0.6) is 0 Å². The first kappa shape index (κ1) is 18.5. The fraction of sp³-hybridized carbons (Fsp3) is 0.0909. The molecule has 29 heavy (non-hydrogen) atoms. The van der Waals surface area contributed by atoms with Crippen molar-refractivity contribution >= 4 is 17.4 Å². The van der Waals surface area contributed by atoms with E-state index < -0.39 is 23.5 Å². The van der Waals surface area contributed by atoms with Gasteiger partial charge in [0, 0.05) is 30.7 Å². The van der Waals surface area contributed by atoms with E-state index in [4.69, 9.17) is 0 Å². The molecule has 1 atom stereocenters. The third-order valence-electron chi connectivity index (χ3n) is 4.70. The van der Waals surface area contributed by atoms with Crippen LogP contribution in [0, 0.1) is 5.82 Å². The Balaban J connectivity index is 1.85. The number of likely N-dealkylation sites (tertiary alicyclic amines) is 1. The summed E-state index contributed by atoms with van der Waals surface area (Å²) in [6.07, 6.45) is 4.77. The van der Waals surface area contributed by atoms with Crippen LogP contribution in [0.4, 0.5) is 4.39 Å². The third-order valence-corrected chi connectivity index (χ3v) is 4.70. The van der Waals surface area contributed by atoms with E-state index in [1.54, 1.807) is 48.9 Å². The molecule has 6 nitrogen and oxygen atoms in total. The first-order valence-electron chi connectivity index (χ1n) is 8.90. The summed E-state index contributed by atoms with van der Waals surface area (Å²) in [5, 5.41) is 10.8. The number of carbonyl (C=O) groups excluding carboxylic acids is 2. The number of aliphatic hydroxyl groups excluding tert-OH is 1. The predicted molar refractivity (Wildman–Crippen MR) is 103 cm³/mol. The van der Waals surface area contributed by atoms with Gasteiger partial charge in [0.05, 0.1) is 11.3 Å². The molecule has 1 amide bonds. The zero-order valence-corrected chi connectivity index (χ0v) is 15.2. The number of pyridine rings is 2. The van der Waals surface area contributed by atoms with Crippen LogP contribution >= 0.6 is 0 Å². The summed E-state index contributed by atoms with van der Waals surface area (Å²) < 4.78 is 13.3. The lowest BCUT2D eigenvalue weighted by molar-refractivity contribution is -0.140. The van der Waals surface area contributed by atoms with Gasteiger partial charge in [0.15, 0.2) is 0 Å². The van der Waals surface area contributed by atoms with E-state index in [0.717, 1.165) is 5.56 Å². The van der Waals surface area contributed by atoms with E-state index in [2.05, 4.69) is 9.97 Å². The second-order valence-electron chi connectivity index (χ2n) is 6.55. The molecule has 144 valence electrons. The van der Waals surface area contributed by atoms with Gasteiger partial charge in [0.1, 0.15) is 17.6 Å². The molecule has 3 aromatic rings. The van der Waals surface area contributed by atoms with Gasteiger partial charge in [-0.2, -0.15) is 0 Å². The Kier molecular flexibility index (Phi) is 4.87. The first-order chi connectivity index (χ1) is 14.1. The summed E-state index contributed by atoms with van der Waals surface area (Å²) in [6.45, 7) is 0.125. The van der Waals surface area contributed by atoms with Gasteiger partial charge in [0.2, 0.25) is 0 Å². The average molecular weight is 389 g/mol. The second-order valence-corrected chi connectivity index (χ2v) is 6.55. The number of halogens is 1. The summed E-state index contributed by atoms with van der Waals surface area (Å²) >= 11 is 0. The zero-order valence-electron chi connectivity index (χ0n) is 15.2. The van der Waals surface area contributed by atoms with Crippen LogP contribution in [0.1, 0.15) is 22.9 Å². The molecule has 0 aliphatic carbocycles. The van der Waals surface area contributed by atoms with Gasteiger partial charge in [-0.15, -0.1) is 0 Å². The van der Waals surface area contributed by atoms with Gasteiger partial charge in [-0.1, -0.05) is 12.1 Å². The molecule has 0 bridgehead atoms. The number of aliphatic hydroxyl groups is 1. The van der Waals surface area contributed by atoms with Gasteiger partial charge >= 0.3 is 0 Å². The van der Waals surface area contributed by atoms with Crippen molar-refractivity contribution < 1.29 is 19.1 Å². The van der Waals surface area contributed by atoms with Crippen molar-refractivity contribution in [2.24, 2.45) is 0 Å². The monoisotopic (exact) mass is 389 g/mol. The van der Waals surface area contributed by atoms with Crippen molar-refractivity contribution in [3.63, 3.8) is 0 Å². The summed E-state index contributed by atoms with van der Waals surface area (Å²) in [5.41, 5.74) is 1.34. The minimum atomic E-state index is -0.874. The molecule has 1 aliphatic heterocycles. The second kappa shape index (κ2) is 7.63. The van der Waals surface area contributed by atoms with Crippen LogP contribution in [0.15, 0.2) is 78.8 Å². The number of amides is 1. The molecule has 1 aromatic carbocycles. The zero-order chi connectivity index (χ0) is 20.4. The molecule has 0 radical (unpaired) electrons. The highest BCUT2D eigenvalue weighted by Gasteiger charge is 2.46. The van der Waals surface area contributed by atoms with E-state index in [0.29, 0.717) is 5.69 Å². The number of rotatable bonds is 4. The molecule has 0 unspecified atom stereocenters. The van der Waals surface area contributed by atoms with E-state index in [9.17, 15) is 19.1 Å². The van der Waals surface area contributed by atoms with E-state index >= 15 is 0 Å². The Morgan fingerprint density at radius 2 is 1.83 bits per heavy atom. The van der Waals surface area contributed by atoms with E-state index in [-0.39, 0.29) is 23.4 Å². The maximum atomic E-state index is 13.3. The van der Waals surface area contributed by atoms with Crippen LogP contribution in [0.3, 0.4) is 0 Å². The average Bonchev–Trinajstić information content (AvgIpc) is 3.00. The number of aromatic nitrogens is 2. The highest BCUT2D eigenvalue weighted by molar-refractivity contribution is 6.46. The lowest BCUT2D eigenvalue weighted by Crippen LogP contribution is -2.29. The lowest BCUT2D eigenvalue weighted by atomic mass is 9.98. The minimum Gasteiger partial charge on any atom is -0.507 e. The van der Waals surface area contributed by atoms with Crippen molar-refractivity contribution in [2.75, 3.05) is 0 Å². The quantitative estimate of drug-likeness (QED) is 0.421. The summed E-state index contributed by atoms with van der Waals surface area (Å²) in [6, 6.07) is 12.9. The van der Waals surface area contributed by atoms with Crippen molar-refractivity contribution in [1.82, 2.24) is 14.9 Å². The van der Waals surface area contributed by atoms with E-state index in [1.807, 2.05) is 0 Å². The van der Waals surface area contributed by atoms with Crippen molar-refractivity contribution in [2.45, 2.75) is 12.6 Å². The first-order valence-corrected chi connectivity index (χ1v) is 8.90.